The number of para-hydroxylation sites is 11. The van der Waals surface area contributed by atoms with E-state index in [0.717, 1.165) is 68.2 Å². The summed E-state index contributed by atoms with van der Waals surface area (Å²) in [7, 11) is 0. The van der Waals surface area contributed by atoms with Crippen molar-refractivity contribution in [2.24, 2.45) is 0 Å². The number of anilines is 12. The molecule has 0 unspecified atom stereocenters. The highest BCUT2D eigenvalue weighted by molar-refractivity contribution is 6.35. The summed E-state index contributed by atoms with van der Waals surface area (Å²) in [5.74, 6) is 0. The van der Waals surface area contributed by atoms with E-state index < -0.39 is 0 Å². The molecule has 0 fully saturated rings. The van der Waals surface area contributed by atoms with Crippen molar-refractivity contribution < 1.29 is 0 Å². The van der Waals surface area contributed by atoms with E-state index in [1.54, 1.807) is 0 Å². The highest BCUT2D eigenvalue weighted by atomic mass is 15.2. The molecule has 0 aliphatic carbocycles. The summed E-state index contributed by atoms with van der Waals surface area (Å²) in [4.78, 5) is 9.45. The maximum absolute atomic E-state index is 2.57. The van der Waals surface area contributed by atoms with Crippen LogP contribution in [0.3, 0.4) is 0 Å². The predicted molar refractivity (Wildman–Crippen MR) is 541 cm³/mol. The van der Waals surface area contributed by atoms with Gasteiger partial charge >= 0.3 is 0 Å². The number of hydrogen-bond donors (Lipinski definition) is 0. The molecular weight excluding hydrogens is 1550 g/mol. The molecule has 0 saturated heterocycles. The Morgan fingerprint density at radius 1 is 0.125 bits per heavy atom. The highest BCUT2D eigenvalue weighted by Gasteiger charge is 2.31. The SMILES string of the molecule is c1ccc(-c2c3c4cccc5c6cc(N(c7ccccc7)c7ccccc7)ccc6n(c3cc3c6cccc7c8cc(N(c9ccccc9)c9ccccc9)ccc8n(c23)c76)c54)cc1.c1ccc(-c2cccc(N(c3ccccc3)c3ccc4c(c3)c3cccc5c6cc7c(cc6n4c35)c3cccc4c5cc(N(c6ccccc6)c6ccccc6)ccc5n7c43)c2)cc1. The summed E-state index contributed by atoms with van der Waals surface area (Å²) in [6, 6.07) is 168. The van der Waals surface area contributed by atoms with Crippen LogP contribution >= 0.6 is 0 Å². The number of rotatable bonds is 14. The second-order valence-corrected chi connectivity index (χ2v) is 33.9. The molecule has 596 valence electrons. The third kappa shape index (κ3) is 10.6. The largest absolute Gasteiger partial charge is 0.310 e. The van der Waals surface area contributed by atoms with E-state index in [9.17, 15) is 0 Å². The van der Waals surface area contributed by atoms with Gasteiger partial charge in [0, 0.05) is 160 Å². The molecule has 128 heavy (non-hydrogen) atoms. The highest BCUT2D eigenvalue weighted by Crippen LogP contribution is 2.54. The monoisotopic (exact) mass is 1630 g/mol. The van der Waals surface area contributed by atoms with Crippen LogP contribution in [0.2, 0.25) is 0 Å². The molecule has 28 rings (SSSR count). The lowest BCUT2D eigenvalue weighted by molar-refractivity contribution is 1.28. The van der Waals surface area contributed by atoms with E-state index in [1.165, 1.54) is 175 Å². The summed E-state index contributed by atoms with van der Waals surface area (Å²) in [5, 5.41) is 20.2. The number of fused-ring (bicyclic) bond motifs is 24. The van der Waals surface area contributed by atoms with E-state index in [1.807, 2.05) is 0 Å². The van der Waals surface area contributed by atoms with Crippen molar-refractivity contribution in [3.05, 3.63) is 461 Å². The van der Waals surface area contributed by atoms with E-state index in [0.29, 0.717) is 0 Å². The molecule has 0 radical (unpaired) electrons. The van der Waals surface area contributed by atoms with Crippen LogP contribution in [-0.4, -0.2) is 17.6 Å². The van der Waals surface area contributed by atoms with Crippen molar-refractivity contribution in [1.29, 1.82) is 0 Å². The lowest BCUT2D eigenvalue weighted by Gasteiger charge is -2.26. The zero-order valence-corrected chi connectivity index (χ0v) is 69.5. The quantitative estimate of drug-likeness (QED) is 0.109. The van der Waals surface area contributed by atoms with E-state index in [4.69, 9.17) is 0 Å². The Balaban J connectivity index is 0.000000132. The van der Waals surface area contributed by atoms with Crippen LogP contribution in [0.1, 0.15) is 0 Å². The molecule has 8 heteroatoms. The number of hydrogen-bond acceptors (Lipinski definition) is 4. The minimum atomic E-state index is 1.12. The molecule has 8 nitrogen and oxygen atoms in total. The van der Waals surface area contributed by atoms with Gasteiger partial charge in [-0.1, -0.05) is 273 Å². The van der Waals surface area contributed by atoms with Gasteiger partial charge in [-0.2, -0.15) is 0 Å². The molecule has 28 aromatic rings. The number of benzene rings is 20. The van der Waals surface area contributed by atoms with Gasteiger partial charge in [0.2, 0.25) is 0 Å². The average molecular weight is 1630 g/mol. The van der Waals surface area contributed by atoms with Crippen molar-refractivity contribution >= 4 is 221 Å². The molecule has 8 heterocycles. The molecule has 0 atom stereocenters. The van der Waals surface area contributed by atoms with Crippen LogP contribution in [-0.2, 0) is 0 Å². The Hall–Kier alpha value is -17.2. The standard InChI is InChI=1S/2C60H38N4/c1-6-18-39(19-7-1)56-57-49-31-17-29-47-50-36-44(61(40-20-8-2-9-21-40)41-22-10-3-11-23-41)32-34-53(50)63(59(47)49)55(57)38-52-48-30-16-28-46-51-37-45(33-35-54(51)64(58(46)48)60(52)56)62(42-24-12-4-13-25-42)43-26-14-5-15-27-43;1-5-16-39(17-6-1)40-18-13-25-44(34-40)62(43-23-11-4-12-24-43)46-31-33-56-52(36-46)48-27-15-29-50-54-37-57-53(38-58(54)64(56)60(48)50)49-28-14-26-47-51-35-45(30-32-55(51)63(57)59(47)49)61(41-19-7-2-8-20-41)42-21-9-3-10-22-42/h2*1-38H. The van der Waals surface area contributed by atoms with Crippen LogP contribution < -0.4 is 19.6 Å². The van der Waals surface area contributed by atoms with Gasteiger partial charge in [0.05, 0.1) is 66.2 Å². The fourth-order valence-corrected chi connectivity index (χ4v) is 21.7. The summed E-state index contributed by atoms with van der Waals surface area (Å²) in [6.07, 6.45) is 0. The van der Waals surface area contributed by atoms with Gasteiger partial charge in [-0.05, 0) is 205 Å². The minimum absolute atomic E-state index is 1.12. The van der Waals surface area contributed by atoms with Gasteiger partial charge in [0.15, 0.2) is 0 Å². The molecule has 0 aliphatic rings. The van der Waals surface area contributed by atoms with E-state index >= 15 is 0 Å². The van der Waals surface area contributed by atoms with Crippen molar-refractivity contribution in [2.45, 2.75) is 0 Å². The van der Waals surface area contributed by atoms with Gasteiger partial charge < -0.3 is 37.2 Å². The van der Waals surface area contributed by atoms with E-state index in [-0.39, 0.29) is 0 Å². The normalized spacial score (nSPS) is 12.1. The molecule has 0 aliphatic heterocycles. The maximum atomic E-state index is 2.57. The summed E-state index contributed by atoms with van der Waals surface area (Å²) in [5.41, 5.74) is 33.3. The molecular formula is C120H76N8. The molecule has 0 bridgehead atoms. The van der Waals surface area contributed by atoms with Gasteiger partial charge in [0.25, 0.3) is 0 Å². The first-order chi connectivity index (χ1) is 63.6. The van der Waals surface area contributed by atoms with Crippen molar-refractivity contribution in [3.8, 4) is 22.3 Å². The lowest BCUT2D eigenvalue weighted by Crippen LogP contribution is -2.09. The molecule has 8 aromatic heterocycles. The average Bonchev–Trinajstić information content (AvgIpc) is 1.50. The second kappa shape index (κ2) is 28.2. The van der Waals surface area contributed by atoms with Crippen LogP contribution in [0.15, 0.2) is 461 Å². The molecule has 0 saturated carbocycles. The third-order valence-corrected chi connectivity index (χ3v) is 27.0. The minimum Gasteiger partial charge on any atom is -0.310 e. The van der Waals surface area contributed by atoms with Crippen molar-refractivity contribution in [2.75, 3.05) is 19.6 Å². The zero-order valence-electron chi connectivity index (χ0n) is 69.5. The molecule has 0 N–H and O–H groups in total. The Kier molecular flexibility index (Phi) is 15.7. The van der Waals surface area contributed by atoms with Gasteiger partial charge in [0.1, 0.15) is 0 Å². The van der Waals surface area contributed by atoms with Crippen molar-refractivity contribution in [3.63, 3.8) is 0 Å². The van der Waals surface area contributed by atoms with Crippen LogP contribution in [0.4, 0.5) is 68.2 Å². The van der Waals surface area contributed by atoms with Gasteiger partial charge in [-0.15, -0.1) is 0 Å². The zero-order chi connectivity index (χ0) is 83.8. The van der Waals surface area contributed by atoms with Gasteiger partial charge in [-0.3, -0.25) is 0 Å². The predicted octanol–water partition coefficient (Wildman–Crippen LogP) is 33.2. The molecule has 0 spiro atoms. The summed E-state index contributed by atoms with van der Waals surface area (Å²) < 4.78 is 10.1. The Labute approximate surface area is 736 Å². The van der Waals surface area contributed by atoms with Crippen LogP contribution in [0, 0.1) is 0 Å². The third-order valence-electron chi connectivity index (χ3n) is 27.0. The molecule has 20 aromatic carbocycles. The van der Waals surface area contributed by atoms with Crippen LogP contribution in [0.5, 0.6) is 0 Å². The van der Waals surface area contributed by atoms with Crippen LogP contribution in [0.25, 0.3) is 175 Å². The lowest BCUT2D eigenvalue weighted by atomic mass is 9.95. The fourth-order valence-electron chi connectivity index (χ4n) is 21.7. The number of nitrogens with zero attached hydrogens (tertiary/aromatic N) is 8. The summed E-state index contributed by atoms with van der Waals surface area (Å²) >= 11 is 0. The topological polar surface area (TPSA) is 30.6 Å². The van der Waals surface area contributed by atoms with Gasteiger partial charge in [-0.25, -0.2) is 0 Å². The number of aromatic nitrogens is 4. The molecule has 0 amide bonds. The van der Waals surface area contributed by atoms with Crippen molar-refractivity contribution in [1.82, 2.24) is 17.6 Å². The second-order valence-electron chi connectivity index (χ2n) is 33.9. The first kappa shape index (κ1) is 71.4. The maximum Gasteiger partial charge on any atom is 0.0627 e. The fraction of sp³-hybridized carbons (Fsp3) is 0. The Morgan fingerprint density at radius 3 is 0.711 bits per heavy atom. The Morgan fingerprint density at radius 2 is 0.359 bits per heavy atom. The van der Waals surface area contributed by atoms with E-state index in [2.05, 4.69) is 498 Å². The summed E-state index contributed by atoms with van der Waals surface area (Å²) in [6.45, 7) is 0. The smallest absolute Gasteiger partial charge is 0.0627 e. The first-order valence-corrected chi connectivity index (χ1v) is 44.0. The Bertz CT molecular complexity index is 9050. The first-order valence-electron chi connectivity index (χ1n) is 44.0.